The van der Waals surface area contributed by atoms with Gasteiger partial charge < -0.3 is 23.7 Å². The summed E-state index contributed by atoms with van der Waals surface area (Å²) in [6.45, 7) is 10.5. The molecule has 0 radical (unpaired) electrons. The van der Waals surface area contributed by atoms with Crippen LogP contribution in [0.3, 0.4) is 0 Å². The number of hydrogen-bond donors (Lipinski definition) is 0. The monoisotopic (exact) mass is 590 g/mol. The van der Waals surface area contributed by atoms with Crippen LogP contribution < -0.4 is 33.8 Å². The van der Waals surface area contributed by atoms with Gasteiger partial charge in [-0.1, -0.05) is 48.8 Å². The standard InChI is InChI=1S/C31H30N2O8S/c1-7-13-39-22-11-9-20(15-24(22)37-5)16-26-29(35)33-28(21-10-12-23(41-19(4)34)25(17-21)38-6)27(30(36)40-14-8-2)18(3)32-31(33)42-26/h7-12,15-17,28H,1-2,13-14H2,3-6H3. The number of fused-ring (bicyclic) bond motifs is 1. The number of ether oxygens (including phenoxy) is 5. The molecule has 1 aliphatic rings. The van der Waals surface area contributed by atoms with Crippen molar-refractivity contribution in [2.75, 3.05) is 27.4 Å². The number of aromatic nitrogens is 1. The predicted molar refractivity (Wildman–Crippen MR) is 158 cm³/mol. The number of thiazole rings is 1. The largest absolute Gasteiger partial charge is 0.493 e. The Labute approximate surface area is 246 Å². The lowest BCUT2D eigenvalue weighted by molar-refractivity contribution is -0.138. The van der Waals surface area contributed by atoms with Crippen molar-refractivity contribution in [3.05, 3.63) is 104 Å². The van der Waals surface area contributed by atoms with Gasteiger partial charge in [-0.15, -0.1) is 0 Å². The number of carbonyl (C=O) groups excluding carboxylic acids is 2. The lowest BCUT2D eigenvalue weighted by Gasteiger charge is -2.25. The van der Waals surface area contributed by atoms with Crippen molar-refractivity contribution in [1.82, 2.24) is 4.57 Å². The summed E-state index contributed by atoms with van der Waals surface area (Å²) in [6.07, 6.45) is 4.81. The average molecular weight is 591 g/mol. The molecule has 0 saturated carbocycles. The summed E-state index contributed by atoms with van der Waals surface area (Å²) in [6, 6.07) is 9.25. The van der Waals surface area contributed by atoms with Crippen molar-refractivity contribution >= 4 is 29.4 Å². The Kier molecular flexibility index (Phi) is 9.43. The molecule has 0 amide bonds. The minimum Gasteiger partial charge on any atom is -0.493 e. The number of benzene rings is 2. The highest BCUT2D eigenvalue weighted by atomic mass is 32.1. The zero-order valence-corrected chi connectivity index (χ0v) is 24.5. The molecule has 1 aliphatic heterocycles. The first-order valence-corrected chi connectivity index (χ1v) is 13.6. The van der Waals surface area contributed by atoms with Crippen LogP contribution in [0.2, 0.25) is 0 Å². The Hall–Kier alpha value is -4.90. The first kappa shape index (κ1) is 30.1. The van der Waals surface area contributed by atoms with Gasteiger partial charge in [0.15, 0.2) is 27.8 Å². The second kappa shape index (κ2) is 13.2. The molecule has 3 aromatic rings. The molecule has 0 N–H and O–H groups in total. The maximum absolute atomic E-state index is 13.9. The van der Waals surface area contributed by atoms with Crippen LogP contribution in [0.1, 0.15) is 31.0 Å². The Bertz CT molecular complexity index is 1770. The van der Waals surface area contributed by atoms with E-state index in [0.29, 0.717) is 44.3 Å². The molecule has 1 unspecified atom stereocenters. The Morgan fingerprint density at radius 1 is 1.00 bits per heavy atom. The molecule has 11 heteroatoms. The third-order valence-corrected chi connectivity index (χ3v) is 7.16. The lowest BCUT2D eigenvalue weighted by Crippen LogP contribution is -2.40. The van der Waals surface area contributed by atoms with E-state index >= 15 is 0 Å². The summed E-state index contributed by atoms with van der Waals surface area (Å²) >= 11 is 1.18. The highest BCUT2D eigenvalue weighted by Crippen LogP contribution is 2.36. The summed E-state index contributed by atoms with van der Waals surface area (Å²) in [7, 11) is 2.96. The van der Waals surface area contributed by atoms with E-state index in [4.69, 9.17) is 23.7 Å². The van der Waals surface area contributed by atoms with Gasteiger partial charge in [-0.3, -0.25) is 14.2 Å². The Balaban J connectivity index is 1.90. The number of allylic oxidation sites excluding steroid dienone is 1. The molecular weight excluding hydrogens is 560 g/mol. The van der Waals surface area contributed by atoms with Gasteiger partial charge in [0.25, 0.3) is 5.56 Å². The van der Waals surface area contributed by atoms with E-state index < -0.39 is 18.0 Å². The van der Waals surface area contributed by atoms with Crippen LogP contribution >= 0.6 is 11.3 Å². The fourth-order valence-corrected chi connectivity index (χ4v) is 5.44. The van der Waals surface area contributed by atoms with Crippen molar-refractivity contribution in [1.29, 1.82) is 0 Å². The Morgan fingerprint density at radius 2 is 1.69 bits per heavy atom. The van der Waals surface area contributed by atoms with E-state index in [0.717, 1.165) is 0 Å². The third-order valence-electron chi connectivity index (χ3n) is 6.17. The van der Waals surface area contributed by atoms with Crippen LogP contribution in [-0.4, -0.2) is 43.9 Å². The first-order chi connectivity index (χ1) is 20.2. The van der Waals surface area contributed by atoms with Crippen molar-refractivity contribution in [2.45, 2.75) is 19.9 Å². The molecule has 4 rings (SSSR count). The highest BCUT2D eigenvalue weighted by molar-refractivity contribution is 7.07. The van der Waals surface area contributed by atoms with Gasteiger partial charge in [-0.25, -0.2) is 9.79 Å². The van der Waals surface area contributed by atoms with Crippen LogP contribution in [0.25, 0.3) is 6.08 Å². The van der Waals surface area contributed by atoms with Gasteiger partial charge in [0, 0.05) is 6.92 Å². The summed E-state index contributed by atoms with van der Waals surface area (Å²) in [5, 5.41) is 0. The molecule has 0 bridgehead atoms. The van der Waals surface area contributed by atoms with Gasteiger partial charge in [-0.2, -0.15) is 0 Å². The Morgan fingerprint density at radius 3 is 2.36 bits per heavy atom. The fraction of sp³-hybridized carbons (Fsp3) is 0.226. The van der Waals surface area contributed by atoms with Crippen LogP contribution in [0, 0.1) is 0 Å². The van der Waals surface area contributed by atoms with E-state index in [1.807, 2.05) is 0 Å². The SMILES string of the molecule is C=CCOC(=O)C1=C(C)N=c2sc(=Cc3ccc(OCC=C)c(OC)c3)c(=O)n2C1c1ccc(OC(C)=O)c(OC)c1. The summed E-state index contributed by atoms with van der Waals surface area (Å²) in [5.41, 5.74) is 1.45. The summed E-state index contributed by atoms with van der Waals surface area (Å²) in [4.78, 5) is 43.8. The topological polar surface area (TPSA) is 115 Å². The molecule has 1 aromatic heterocycles. The van der Waals surface area contributed by atoms with Crippen LogP contribution in [0.15, 0.2) is 82.8 Å². The summed E-state index contributed by atoms with van der Waals surface area (Å²) in [5.74, 6) is 0.338. The van der Waals surface area contributed by atoms with E-state index in [2.05, 4.69) is 18.2 Å². The van der Waals surface area contributed by atoms with Crippen molar-refractivity contribution in [2.24, 2.45) is 4.99 Å². The minimum absolute atomic E-state index is 0.0180. The van der Waals surface area contributed by atoms with Crippen molar-refractivity contribution in [3.8, 4) is 23.0 Å². The van der Waals surface area contributed by atoms with E-state index in [9.17, 15) is 14.4 Å². The molecule has 0 saturated heterocycles. The third kappa shape index (κ3) is 6.21. The van der Waals surface area contributed by atoms with Gasteiger partial charge in [0.05, 0.1) is 36.1 Å². The average Bonchev–Trinajstić information content (AvgIpc) is 3.28. The number of hydrogen-bond acceptors (Lipinski definition) is 10. The van der Waals surface area contributed by atoms with Gasteiger partial charge in [0.2, 0.25) is 0 Å². The van der Waals surface area contributed by atoms with Crippen LogP contribution in [0.5, 0.6) is 23.0 Å². The highest BCUT2D eigenvalue weighted by Gasteiger charge is 2.34. The molecule has 0 spiro atoms. The van der Waals surface area contributed by atoms with Crippen molar-refractivity contribution < 1.29 is 33.3 Å². The first-order valence-electron chi connectivity index (χ1n) is 12.8. The van der Waals surface area contributed by atoms with E-state index in [1.165, 1.54) is 43.1 Å². The molecular formula is C31H30N2O8S. The fourth-order valence-electron chi connectivity index (χ4n) is 4.40. The molecule has 0 fully saturated rings. The quantitative estimate of drug-likeness (QED) is 0.190. The number of rotatable bonds is 11. The normalized spacial score (nSPS) is 14.4. The number of methoxy groups -OCH3 is 2. The lowest BCUT2D eigenvalue weighted by atomic mass is 9.95. The number of esters is 2. The minimum atomic E-state index is -0.898. The van der Waals surface area contributed by atoms with Crippen molar-refractivity contribution in [3.63, 3.8) is 0 Å². The maximum Gasteiger partial charge on any atom is 0.338 e. The molecule has 0 aliphatic carbocycles. The zero-order chi connectivity index (χ0) is 30.4. The van der Waals surface area contributed by atoms with Crippen LogP contribution in [-0.2, 0) is 14.3 Å². The predicted octanol–water partition coefficient (Wildman–Crippen LogP) is 3.47. The molecule has 1 atom stereocenters. The van der Waals surface area contributed by atoms with Gasteiger partial charge in [0.1, 0.15) is 13.2 Å². The molecule has 2 heterocycles. The molecule has 42 heavy (non-hydrogen) atoms. The zero-order valence-electron chi connectivity index (χ0n) is 23.7. The maximum atomic E-state index is 13.9. The summed E-state index contributed by atoms with van der Waals surface area (Å²) < 4.78 is 29.0. The molecule has 2 aromatic carbocycles. The second-order valence-electron chi connectivity index (χ2n) is 8.98. The van der Waals surface area contributed by atoms with E-state index in [1.54, 1.807) is 55.5 Å². The molecule has 218 valence electrons. The molecule has 10 nitrogen and oxygen atoms in total. The van der Waals surface area contributed by atoms with Gasteiger partial charge >= 0.3 is 11.9 Å². The van der Waals surface area contributed by atoms with Crippen LogP contribution in [0.4, 0.5) is 0 Å². The smallest absolute Gasteiger partial charge is 0.338 e. The van der Waals surface area contributed by atoms with E-state index in [-0.39, 0.29) is 29.2 Å². The van der Waals surface area contributed by atoms with Gasteiger partial charge in [-0.05, 0) is 48.4 Å². The number of carbonyl (C=O) groups is 2. The number of nitrogens with zero attached hydrogens (tertiary/aromatic N) is 2. The second-order valence-corrected chi connectivity index (χ2v) is 9.99.